The average Bonchev–Trinajstić information content (AvgIpc) is 1.03. The topological polar surface area (TPSA) is 0 Å². The van der Waals surface area contributed by atoms with Gasteiger partial charge in [0, 0.05) is 0 Å². The normalized spacial score (nSPS) is 8.71. The molecule has 0 spiro atoms. The predicted octanol–water partition coefficient (Wildman–Crippen LogP) is 37.1. The fourth-order valence-electron chi connectivity index (χ4n) is 8.72. The monoisotopic (exact) mass is 1510 g/mol. The second-order valence-electron chi connectivity index (χ2n) is 21.4. The molecule has 0 bridgehead atoms. The minimum atomic E-state index is 1.15. The van der Waals surface area contributed by atoms with E-state index in [0.717, 1.165) is 51.4 Å². The molecule has 0 heteroatoms. The molecule has 0 saturated heterocycles. The van der Waals surface area contributed by atoms with E-state index in [1.165, 1.54) is 89.0 Å². The first kappa shape index (κ1) is 132. The number of hydrogen-bond acceptors (Lipinski definition) is 0. The SMILES string of the molecule is C/C=C\C=C/C.C/C=C\C=C/C.C/C=C\C=C/C.CC.CC.CC.CC.CC.CC.CC.CC.CC.CC.CCc1ccccc1C.CCc1ccccc1C.CCc1ccccc1C.CCc1ccccc1C.CCc1ccccc1C.CCc1ccccc1C.CCc1ccccc1C.CCc1ccccc1C. The Kier molecular flexibility index (Phi) is 143. The maximum atomic E-state index is 2.18. The Hall–Kier alpha value is -7.80. The summed E-state index contributed by atoms with van der Waals surface area (Å²) in [6, 6.07) is 68.0. The van der Waals surface area contributed by atoms with Gasteiger partial charge in [-0.25, -0.2) is 0 Å². The van der Waals surface area contributed by atoms with Gasteiger partial charge in [-0.2, -0.15) is 0 Å². The van der Waals surface area contributed by atoms with Crippen molar-refractivity contribution < 1.29 is 0 Å². The van der Waals surface area contributed by atoms with Gasteiger partial charge in [0.15, 0.2) is 0 Å². The van der Waals surface area contributed by atoms with Crippen LogP contribution in [-0.4, -0.2) is 0 Å². The highest BCUT2D eigenvalue weighted by Crippen LogP contribution is 2.12. The molecule has 8 rings (SSSR count). The van der Waals surface area contributed by atoms with Crippen molar-refractivity contribution in [3.63, 3.8) is 0 Å². The Bertz CT molecular complexity index is 2500. The summed E-state index contributed by atoms with van der Waals surface area (Å²) in [4.78, 5) is 0. The van der Waals surface area contributed by atoms with Gasteiger partial charge in [-0.15, -0.1) is 0 Å². The number of benzene rings is 8. The van der Waals surface area contributed by atoms with Gasteiger partial charge in [-0.1, -0.05) is 461 Å². The molecule has 626 valence electrons. The van der Waals surface area contributed by atoms with Gasteiger partial charge in [0.1, 0.15) is 0 Å². The van der Waals surface area contributed by atoms with E-state index in [2.05, 4.69) is 305 Å². The molecule has 0 unspecified atom stereocenters. The lowest BCUT2D eigenvalue weighted by atomic mass is 10.1. The molecule has 0 amide bonds. The van der Waals surface area contributed by atoms with E-state index < -0.39 is 0 Å². The van der Waals surface area contributed by atoms with Crippen LogP contribution < -0.4 is 0 Å². The molecule has 0 nitrogen and oxygen atoms in total. The molecule has 8 aromatic carbocycles. The van der Waals surface area contributed by atoms with Gasteiger partial charge in [-0.05, 0) is 237 Å². The zero-order chi connectivity index (χ0) is 88.0. The van der Waals surface area contributed by atoms with Crippen molar-refractivity contribution in [1.29, 1.82) is 0 Å². The fourth-order valence-corrected chi connectivity index (χ4v) is 8.72. The van der Waals surface area contributed by atoms with Crippen LogP contribution in [0.25, 0.3) is 0 Å². The summed E-state index contributed by atoms with van der Waals surface area (Å²) in [6.07, 6.45) is 33.2. The standard InChI is InChI=1S/8C9H12.3C6H10.10C2H6/c8*1-3-9-7-5-4-6-8(9)2;3*1-3-5-6-4-2;10*1-2/h8*4-7H,3H2,1-2H3;3*3-6H,1-2H3;10*1-2H3/b;;;;;;;;3*5-3-,6-4-;;;;;;;;;;. The van der Waals surface area contributed by atoms with Gasteiger partial charge in [-0.3, -0.25) is 0 Å². The maximum Gasteiger partial charge on any atom is -0.0305 e. The highest BCUT2D eigenvalue weighted by atomic mass is 14.0. The summed E-state index contributed by atoms with van der Waals surface area (Å²) < 4.78 is 0. The van der Waals surface area contributed by atoms with Crippen LogP contribution in [0.5, 0.6) is 0 Å². The van der Waals surface area contributed by atoms with Crippen molar-refractivity contribution in [3.05, 3.63) is 356 Å². The van der Waals surface area contributed by atoms with E-state index in [0.29, 0.717) is 0 Å². The van der Waals surface area contributed by atoms with Crippen LogP contribution in [0.2, 0.25) is 0 Å². The zero-order valence-electron chi connectivity index (χ0n) is 81.1. The lowest BCUT2D eigenvalue weighted by Gasteiger charge is -1.98. The third-order valence-corrected chi connectivity index (χ3v) is 14.6. The average molecular weight is 1510 g/mol. The first-order valence-electron chi connectivity index (χ1n) is 43.6. The molecule has 0 radical (unpaired) electrons. The molecule has 0 atom stereocenters. The summed E-state index contributed by atoms with van der Waals surface area (Å²) in [6.45, 7) is 86.7. The third kappa shape index (κ3) is 89.1. The molecule has 0 aromatic heterocycles. The molecular formula is C110H186. The van der Waals surface area contributed by atoms with Crippen LogP contribution in [0.3, 0.4) is 0 Å². The number of allylic oxidation sites excluding steroid dienone is 12. The number of hydrogen-bond donors (Lipinski definition) is 0. The first-order valence-corrected chi connectivity index (χ1v) is 43.6. The lowest BCUT2D eigenvalue weighted by molar-refractivity contribution is 1.11. The molecule has 110 heavy (non-hydrogen) atoms. The van der Waals surface area contributed by atoms with Crippen molar-refractivity contribution in [1.82, 2.24) is 0 Å². The molecule has 0 saturated carbocycles. The maximum absolute atomic E-state index is 2.18. The van der Waals surface area contributed by atoms with Crippen LogP contribution in [0.4, 0.5) is 0 Å². The van der Waals surface area contributed by atoms with Crippen LogP contribution in [0, 0.1) is 55.4 Å². The summed E-state index contributed by atoms with van der Waals surface area (Å²) >= 11 is 0. The molecule has 0 N–H and O–H groups in total. The highest BCUT2D eigenvalue weighted by Gasteiger charge is 1.95. The smallest absolute Gasteiger partial charge is 0.0305 e. The highest BCUT2D eigenvalue weighted by molar-refractivity contribution is 5.30. The zero-order valence-corrected chi connectivity index (χ0v) is 81.1. The van der Waals surface area contributed by atoms with Gasteiger partial charge in [0.05, 0.1) is 0 Å². The first-order chi connectivity index (χ1) is 53.5. The van der Waals surface area contributed by atoms with Gasteiger partial charge in [0.25, 0.3) is 0 Å². The summed E-state index contributed by atoms with van der Waals surface area (Å²) in [5.41, 5.74) is 22.9. The summed E-state index contributed by atoms with van der Waals surface area (Å²) in [5, 5.41) is 0. The van der Waals surface area contributed by atoms with E-state index in [1.807, 2.05) is 253 Å². The molecule has 0 aliphatic heterocycles. The van der Waals surface area contributed by atoms with E-state index >= 15 is 0 Å². The van der Waals surface area contributed by atoms with Crippen LogP contribution >= 0.6 is 0 Å². The summed E-state index contributed by atoms with van der Waals surface area (Å²) in [7, 11) is 0. The fraction of sp³-hybridized carbons (Fsp3) is 0.455. The van der Waals surface area contributed by atoms with E-state index in [9.17, 15) is 0 Å². The quantitative estimate of drug-likeness (QED) is 0.113. The summed E-state index contributed by atoms with van der Waals surface area (Å²) in [5.74, 6) is 0. The van der Waals surface area contributed by atoms with Crippen LogP contribution in [0.15, 0.2) is 267 Å². The Morgan fingerprint density at radius 3 is 0.264 bits per heavy atom. The van der Waals surface area contributed by atoms with Gasteiger partial charge >= 0.3 is 0 Å². The molecular weight excluding hydrogens is 1320 g/mol. The number of rotatable bonds is 11. The van der Waals surface area contributed by atoms with E-state index in [1.54, 1.807) is 0 Å². The lowest BCUT2D eigenvalue weighted by Crippen LogP contribution is -1.82. The van der Waals surface area contributed by atoms with Crippen molar-refractivity contribution in [3.8, 4) is 0 Å². The predicted molar refractivity (Wildman–Crippen MR) is 527 cm³/mol. The Morgan fingerprint density at radius 2 is 0.218 bits per heavy atom. The van der Waals surface area contributed by atoms with Crippen molar-refractivity contribution in [2.75, 3.05) is 0 Å². The van der Waals surface area contributed by atoms with Gasteiger partial charge < -0.3 is 0 Å². The molecule has 8 aromatic rings. The number of aryl methyl sites for hydroxylation is 16. The Labute approximate surface area is 693 Å². The van der Waals surface area contributed by atoms with Crippen LogP contribution in [0.1, 0.15) is 324 Å². The second kappa shape index (κ2) is 120. The van der Waals surface area contributed by atoms with Crippen LogP contribution in [-0.2, 0) is 51.4 Å². The third-order valence-electron chi connectivity index (χ3n) is 14.6. The van der Waals surface area contributed by atoms with E-state index in [-0.39, 0.29) is 0 Å². The van der Waals surface area contributed by atoms with Crippen molar-refractivity contribution >= 4 is 0 Å². The van der Waals surface area contributed by atoms with Crippen molar-refractivity contribution in [2.24, 2.45) is 0 Å². The molecule has 0 aliphatic rings. The largest absolute Gasteiger partial charge is 0.0877 e. The Balaban J connectivity index is -0.0000000837. The minimum absolute atomic E-state index is 1.15. The molecule has 0 aliphatic carbocycles. The Morgan fingerprint density at radius 1 is 0.145 bits per heavy atom. The second-order valence-corrected chi connectivity index (χ2v) is 21.4. The van der Waals surface area contributed by atoms with Gasteiger partial charge in [0.2, 0.25) is 0 Å². The minimum Gasteiger partial charge on any atom is -0.0877 e. The molecule has 0 fully saturated rings. The van der Waals surface area contributed by atoms with Crippen molar-refractivity contribution in [2.45, 2.75) is 342 Å². The van der Waals surface area contributed by atoms with E-state index in [4.69, 9.17) is 0 Å². The molecule has 0 heterocycles.